The molecule has 6 N–H and O–H groups in total. The third kappa shape index (κ3) is 11.2. The molecule has 0 aliphatic carbocycles. The lowest BCUT2D eigenvalue weighted by atomic mass is 9.99. The number of amides is 1. The van der Waals surface area contributed by atoms with Crippen molar-refractivity contribution in [2.45, 2.75) is 102 Å². The molecule has 1 rings (SSSR count). The van der Waals surface area contributed by atoms with Gasteiger partial charge in [0.2, 0.25) is 5.91 Å². The van der Waals surface area contributed by atoms with E-state index in [1.165, 1.54) is 0 Å². The van der Waals surface area contributed by atoms with Crippen molar-refractivity contribution in [1.29, 1.82) is 0 Å². The van der Waals surface area contributed by atoms with Gasteiger partial charge in [-0.2, -0.15) is 0 Å². The normalized spacial score (nSPS) is 27.6. The number of hydrogen-bond donors (Lipinski definition) is 6. The van der Waals surface area contributed by atoms with Gasteiger partial charge in [0.15, 0.2) is 6.29 Å². The van der Waals surface area contributed by atoms with E-state index < -0.39 is 49.5 Å². The van der Waals surface area contributed by atoms with Crippen molar-refractivity contribution in [1.82, 2.24) is 5.32 Å². The highest BCUT2D eigenvalue weighted by Gasteiger charge is 2.44. The van der Waals surface area contributed by atoms with Crippen LogP contribution in [0.5, 0.6) is 0 Å². The van der Waals surface area contributed by atoms with E-state index in [4.69, 9.17) is 9.47 Å². The largest absolute Gasteiger partial charge is 0.394 e. The Bertz CT molecular complexity index is 636. The van der Waals surface area contributed by atoms with Crippen LogP contribution in [0.2, 0.25) is 0 Å². The van der Waals surface area contributed by atoms with Gasteiger partial charge in [0, 0.05) is 6.42 Å². The Morgan fingerprint density at radius 1 is 0.971 bits per heavy atom. The number of rotatable bonds is 16. The van der Waals surface area contributed by atoms with Crippen LogP contribution in [0.25, 0.3) is 0 Å². The van der Waals surface area contributed by atoms with Crippen LogP contribution in [-0.2, 0) is 14.3 Å². The summed E-state index contributed by atoms with van der Waals surface area (Å²) in [6.07, 6.45) is 9.40. The molecule has 9 nitrogen and oxygen atoms in total. The van der Waals surface area contributed by atoms with Crippen molar-refractivity contribution in [2.75, 3.05) is 13.2 Å². The molecule has 1 aliphatic rings. The quantitative estimate of drug-likeness (QED) is 0.141. The lowest BCUT2D eigenvalue weighted by Gasteiger charge is -2.40. The van der Waals surface area contributed by atoms with Crippen LogP contribution in [0.3, 0.4) is 0 Å². The van der Waals surface area contributed by atoms with Crippen LogP contribution in [0.1, 0.15) is 58.8 Å². The number of aliphatic hydroxyl groups is 5. The van der Waals surface area contributed by atoms with E-state index in [1.807, 2.05) is 13.0 Å². The van der Waals surface area contributed by atoms with E-state index in [1.54, 1.807) is 6.08 Å². The highest BCUT2D eigenvalue weighted by atomic mass is 16.7. The van der Waals surface area contributed by atoms with Gasteiger partial charge < -0.3 is 40.3 Å². The maximum atomic E-state index is 12.1. The highest BCUT2D eigenvalue weighted by molar-refractivity contribution is 5.76. The second-order valence-electron chi connectivity index (χ2n) is 8.38. The minimum Gasteiger partial charge on any atom is -0.394 e. The Hall–Kier alpha value is -1.59. The van der Waals surface area contributed by atoms with Gasteiger partial charge >= 0.3 is 0 Å². The first kappa shape index (κ1) is 30.4. The van der Waals surface area contributed by atoms with E-state index in [-0.39, 0.29) is 18.9 Å². The Morgan fingerprint density at radius 2 is 1.59 bits per heavy atom. The lowest BCUT2D eigenvalue weighted by molar-refractivity contribution is -0.302. The first-order chi connectivity index (χ1) is 16.3. The first-order valence-electron chi connectivity index (χ1n) is 12.2. The third-order valence-electron chi connectivity index (χ3n) is 5.43. The number of nitrogens with one attached hydrogen (secondary N) is 1. The van der Waals surface area contributed by atoms with Gasteiger partial charge in [0.1, 0.15) is 24.4 Å². The van der Waals surface area contributed by atoms with Gasteiger partial charge in [0.25, 0.3) is 0 Å². The number of ether oxygens (including phenoxy) is 2. The Kier molecular flexibility index (Phi) is 15.9. The Balaban J connectivity index is 2.61. The van der Waals surface area contributed by atoms with Crippen LogP contribution >= 0.6 is 0 Å². The van der Waals surface area contributed by atoms with Crippen molar-refractivity contribution >= 4 is 5.91 Å². The summed E-state index contributed by atoms with van der Waals surface area (Å²) in [6.45, 7) is 3.18. The molecule has 196 valence electrons. The van der Waals surface area contributed by atoms with Gasteiger partial charge in [-0.3, -0.25) is 4.79 Å². The lowest BCUT2D eigenvalue weighted by Crippen LogP contribution is -2.60. The zero-order valence-electron chi connectivity index (χ0n) is 20.3. The molecule has 1 amide bonds. The molecule has 0 aromatic rings. The highest BCUT2D eigenvalue weighted by Crippen LogP contribution is 2.22. The van der Waals surface area contributed by atoms with E-state index in [2.05, 4.69) is 36.5 Å². The second-order valence-corrected chi connectivity index (χ2v) is 8.38. The molecule has 0 aromatic heterocycles. The zero-order valence-corrected chi connectivity index (χ0v) is 20.3. The predicted octanol–water partition coefficient (Wildman–Crippen LogP) is 1.09. The summed E-state index contributed by atoms with van der Waals surface area (Å²) >= 11 is 0. The summed E-state index contributed by atoms with van der Waals surface area (Å²) in [7, 11) is 0. The van der Waals surface area contributed by atoms with Gasteiger partial charge in [-0.05, 0) is 38.5 Å². The number of carbonyl (C=O) groups excluding carboxylic acids is 1. The summed E-state index contributed by atoms with van der Waals surface area (Å²) < 4.78 is 10.9. The van der Waals surface area contributed by atoms with Crippen molar-refractivity contribution in [2.24, 2.45) is 0 Å². The minimum absolute atomic E-state index is 0.213. The fraction of sp³-hybridized carbons (Fsp3) is 0.720. The fourth-order valence-electron chi connectivity index (χ4n) is 3.41. The third-order valence-corrected chi connectivity index (χ3v) is 5.43. The molecule has 1 saturated heterocycles. The monoisotopic (exact) mass is 485 g/mol. The molecule has 1 heterocycles. The molecule has 1 aliphatic heterocycles. The van der Waals surface area contributed by atoms with Crippen LogP contribution in [-0.4, -0.2) is 87.5 Å². The molecule has 0 saturated carbocycles. The molecule has 0 aromatic carbocycles. The van der Waals surface area contributed by atoms with Crippen molar-refractivity contribution in [3.63, 3.8) is 0 Å². The number of hydrogen-bond acceptors (Lipinski definition) is 8. The van der Waals surface area contributed by atoms with Crippen LogP contribution in [0.15, 0.2) is 36.5 Å². The fourth-order valence-corrected chi connectivity index (χ4v) is 3.41. The van der Waals surface area contributed by atoms with Crippen LogP contribution < -0.4 is 5.32 Å². The topological polar surface area (TPSA) is 149 Å². The standard InChI is InChI=1S/C25H43NO8/c1-3-5-6-7-8-9-10-11-12-13-15-19(28)18(26-21(29)14-4-2)17-33-25-24(32)23(31)22(30)20(16-27)34-25/h5-6,9-10,13,15,18-20,22-25,27-28,30-32H,3-4,7-8,11-12,14,16-17H2,1-2H3,(H,26,29)/b6-5+,10-9+,15-13+. The number of carbonyl (C=O) groups is 1. The summed E-state index contributed by atoms with van der Waals surface area (Å²) in [5, 5.41) is 52.5. The SMILES string of the molecule is CC/C=C/CC/C=C/CC/C=C/C(O)C(COC1OC(CO)C(O)C(O)C1O)NC(=O)CCC. The number of allylic oxidation sites excluding steroid dienone is 5. The van der Waals surface area contributed by atoms with Crippen molar-refractivity contribution < 1.29 is 39.8 Å². The molecule has 34 heavy (non-hydrogen) atoms. The molecule has 9 heteroatoms. The molecule has 0 radical (unpaired) electrons. The van der Waals surface area contributed by atoms with Gasteiger partial charge in [-0.15, -0.1) is 0 Å². The molecule has 7 unspecified atom stereocenters. The second kappa shape index (κ2) is 17.8. The molecule has 0 spiro atoms. The summed E-state index contributed by atoms with van der Waals surface area (Å²) in [4.78, 5) is 12.1. The first-order valence-corrected chi connectivity index (χ1v) is 12.2. The van der Waals surface area contributed by atoms with E-state index in [0.29, 0.717) is 6.42 Å². The van der Waals surface area contributed by atoms with Crippen molar-refractivity contribution in [3.05, 3.63) is 36.5 Å². The van der Waals surface area contributed by atoms with E-state index >= 15 is 0 Å². The van der Waals surface area contributed by atoms with E-state index in [9.17, 15) is 30.3 Å². The Morgan fingerprint density at radius 3 is 2.18 bits per heavy atom. The van der Waals surface area contributed by atoms with Gasteiger partial charge in [0.05, 0.1) is 25.4 Å². The van der Waals surface area contributed by atoms with Gasteiger partial charge in [-0.1, -0.05) is 50.3 Å². The maximum Gasteiger partial charge on any atom is 0.220 e. The minimum atomic E-state index is -1.57. The molecule has 7 atom stereocenters. The summed E-state index contributed by atoms with van der Waals surface area (Å²) in [5.74, 6) is -0.252. The predicted molar refractivity (Wildman–Crippen MR) is 129 cm³/mol. The summed E-state index contributed by atoms with van der Waals surface area (Å²) in [5.41, 5.74) is 0. The average molecular weight is 486 g/mol. The smallest absolute Gasteiger partial charge is 0.220 e. The molecule has 0 bridgehead atoms. The zero-order chi connectivity index (χ0) is 25.3. The maximum absolute atomic E-state index is 12.1. The molecular formula is C25H43NO8. The number of unbranched alkanes of at least 4 members (excludes halogenated alkanes) is 2. The number of aliphatic hydroxyl groups excluding tert-OH is 5. The molecule has 1 fully saturated rings. The van der Waals surface area contributed by atoms with Gasteiger partial charge in [-0.25, -0.2) is 0 Å². The summed E-state index contributed by atoms with van der Waals surface area (Å²) in [6, 6.07) is -0.816. The Labute approximate surface area is 202 Å². The van der Waals surface area contributed by atoms with E-state index in [0.717, 1.165) is 32.1 Å². The van der Waals surface area contributed by atoms with Crippen LogP contribution in [0.4, 0.5) is 0 Å². The van der Waals surface area contributed by atoms with Crippen molar-refractivity contribution in [3.8, 4) is 0 Å². The van der Waals surface area contributed by atoms with Crippen LogP contribution in [0, 0.1) is 0 Å². The molecular weight excluding hydrogens is 442 g/mol. The average Bonchev–Trinajstić information content (AvgIpc) is 2.82.